The van der Waals surface area contributed by atoms with Gasteiger partial charge in [-0.05, 0) is 19.8 Å². The van der Waals surface area contributed by atoms with Crippen LogP contribution in [0, 0.1) is 0 Å². The molecule has 8 heavy (non-hydrogen) atoms. The minimum atomic E-state index is 0. The monoisotopic (exact) mass is 137 g/mol. The van der Waals surface area contributed by atoms with Crippen LogP contribution < -0.4 is 5.48 Å². The molecule has 0 spiro atoms. The van der Waals surface area contributed by atoms with E-state index >= 15 is 0 Å². The van der Waals surface area contributed by atoms with Crippen molar-refractivity contribution < 1.29 is 4.84 Å². The van der Waals surface area contributed by atoms with Gasteiger partial charge in [0.15, 0.2) is 0 Å². The largest absolute Gasteiger partial charge is 0.302 e. The van der Waals surface area contributed by atoms with Crippen molar-refractivity contribution in [1.29, 1.82) is 0 Å². The van der Waals surface area contributed by atoms with Gasteiger partial charge in [0.1, 0.15) is 0 Å². The van der Waals surface area contributed by atoms with E-state index in [2.05, 4.69) is 5.48 Å². The molecule has 0 heterocycles. The maximum absolute atomic E-state index is 4.91. The molecule has 1 aliphatic carbocycles. The minimum Gasteiger partial charge on any atom is -0.302 e. The van der Waals surface area contributed by atoms with E-state index in [4.69, 9.17) is 4.84 Å². The summed E-state index contributed by atoms with van der Waals surface area (Å²) in [5.74, 6) is 0. The molecule has 3 heteroatoms. The lowest BCUT2D eigenvalue weighted by Crippen LogP contribution is -2.15. The summed E-state index contributed by atoms with van der Waals surface area (Å²) in [5.41, 5.74) is 2.91. The van der Waals surface area contributed by atoms with Crippen LogP contribution in [0.4, 0.5) is 0 Å². The second kappa shape index (κ2) is 4.13. The number of hydrogen-bond acceptors (Lipinski definition) is 2. The van der Waals surface area contributed by atoms with Crippen LogP contribution in [-0.4, -0.2) is 12.6 Å². The Morgan fingerprint density at radius 1 is 1.62 bits per heavy atom. The van der Waals surface area contributed by atoms with Crippen LogP contribution in [0.3, 0.4) is 0 Å². The molecule has 0 aromatic carbocycles. The summed E-state index contributed by atoms with van der Waals surface area (Å²) in [6.07, 6.45) is 2.58. The zero-order chi connectivity index (χ0) is 5.11. The van der Waals surface area contributed by atoms with Crippen LogP contribution in [0.15, 0.2) is 0 Å². The lowest BCUT2D eigenvalue weighted by atomic mass is 10.8. The normalized spacial score (nSPS) is 17.6. The SMILES string of the molecule is CCONC1CC1.Cl. The zero-order valence-electron chi connectivity index (χ0n) is 5.02. The Morgan fingerprint density at radius 2 is 2.25 bits per heavy atom. The molecule has 0 aliphatic heterocycles. The smallest absolute Gasteiger partial charge is 0.0654 e. The lowest BCUT2D eigenvalue weighted by Gasteiger charge is -1.96. The molecule has 1 fully saturated rings. The maximum Gasteiger partial charge on any atom is 0.0654 e. The fourth-order valence-electron chi connectivity index (χ4n) is 0.402. The van der Waals surface area contributed by atoms with Gasteiger partial charge in [-0.2, -0.15) is 5.48 Å². The van der Waals surface area contributed by atoms with Crippen molar-refractivity contribution in [3.8, 4) is 0 Å². The summed E-state index contributed by atoms with van der Waals surface area (Å²) in [6.45, 7) is 2.76. The molecule has 0 radical (unpaired) electrons. The van der Waals surface area contributed by atoms with Crippen LogP contribution in [0.5, 0.6) is 0 Å². The van der Waals surface area contributed by atoms with E-state index in [9.17, 15) is 0 Å². The first-order valence-corrected chi connectivity index (χ1v) is 2.81. The highest BCUT2D eigenvalue weighted by Crippen LogP contribution is 2.17. The van der Waals surface area contributed by atoms with Crippen LogP contribution >= 0.6 is 12.4 Å². The predicted octanol–water partition coefficient (Wildman–Crippen LogP) is 1.11. The van der Waals surface area contributed by atoms with E-state index in [1.807, 2.05) is 6.92 Å². The number of hydroxylamine groups is 1. The molecule has 1 rings (SSSR count). The van der Waals surface area contributed by atoms with E-state index in [1.54, 1.807) is 0 Å². The van der Waals surface area contributed by atoms with Gasteiger partial charge in [-0.3, -0.25) is 0 Å². The topological polar surface area (TPSA) is 21.3 Å². The summed E-state index contributed by atoms with van der Waals surface area (Å²) in [7, 11) is 0. The van der Waals surface area contributed by atoms with Crippen LogP contribution in [-0.2, 0) is 4.84 Å². The van der Waals surface area contributed by atoms with Gasteiger partial charge in [0, 0.05) is 6.04 Å². The second-order valence-corrected chi connectivity index (χ2v) is 1.83. The van der Waals surface area contributed by atoms with Gasteiger partial charge >= 0.3 is 0 Å². The summed E-state index contributed by atoms with van der Waals surface area (Å²) in [5, 5.41) is 0. The van der Waals surface area contributed by atoms with Crippen molar-refractivity contribution in [2.24, 2.45) is 0 Å². The Hall–Kier alpha value is 0.210. The fourth-order valence-corrected chi connectivity index (χ4v) is 0.402. The molecule has 0 bridgehead atoms. The molecule has 1 aliphatic rings. The Morgan fingerprint density at radius 3 is 2.62 bits per heavy atom. The van der Waals surface area contributed by atoms with E-state index in [0.29, 0.717) is 6.04 Å². The molecule has 0 saturated heterocycles. The average Bonchev–Trinajstić information content (AvgIpc) is 2.42. The average molecular weight is 138 g/mol. The summed E-state index contributed by atoms with van der Waals surface area (Å²) >= 11 is 0. The van der Waals surface area contributed by atoms with E-state index in [0.717, 1.165) is 6.61 Å². The maximum atomic E-state index is 4.91. The summed E-state index contributed by atoms with van der Waals surface area (Å²) in [4.78, 5) is 4.91. The van der Waals surface area contributed by atoms with Gasteiger partial charge in [0.05, 0.1) is 6.61 Å². The van der Waals surface area contributed by atoms with Gasteiger partial charge in [-0.25, -0.2) is 0 Å². The van der Waals surface area contributed by atoms with Crippen molar-refractivity contribution in [2.45, 2.75) is 25.8 Å². The molecular weight excluding hydrogens is 126 g/mol. The number of halogens is 1. The van der Waals surface area contributed by atoms with Gasteiger partial charge in [-0.1, -0.05) is 0 Å². The molecule has 1 N–H and O–H groups in total. The molecule has 2 nitrogen and oxygen atoms in total. The Balaban J connectivity index is 0.000000490. The first-order chi connectivity index (χ1) is 3.43. The standard InChI is InChI=1S/C5H11NO.ClH/c1-2-7-6-5-3-4-5;/h5-6H,2-4H2,1H3;1H. The minimum absolute atomic E-state index is 0. The third-order valence-corrected chi connectivity index (χ3v) is 0.972. The van der Waals surface area contributed by atoms with Gasteiger partial charge in [-0.15, -0.1) is 12.4 Å². The highest BCUT2D eigenvalue weighted by atomic mass is 35.5. The molecule has 0 unspecified atom stereocenters. The van der Waals surface area contributed by atoms with Crippen molar-refractivity contribution >= 4 is 12.4 Å². The van der Waals surface area contributed by atoms with Crippen LogP contribution in [0.25, 0.3) is 0 Å². The summed E-state index contributed by atoms with van der Waals surface area (Å²) < 4.78 is 0. The van der Waals surface area contributed by atoms with Gasteiger partial charge < -0.3 is 4.84 Å². The van der Waals surface area contributed by atoms with Gasteiger partial charge in [0.2, 0.25) is 0 Å². The van der Waals surface area contributed by atoms with E-state index < -0.39 is 0 Å². The molecule has 0 amide bonds. The van der Waals surface area contributed by atoms with Crippen molar-refractivity contribution in [3.63, 3.8) is 0 Å². The quantitative estimate of drug-likeness (QED) is 0.589. The highest BCUT2D eigenvalue weighted by molar-refractivity contribution is 5.85. The third-order valence-electron chi connectivity index (χ3n) is 0.972. The predicted molar refractivity (Wildman–Crippen MR) is 35.0 cm³/mol. The zero-order valence-corrected chi connectivity index (χ0v) is 5.83. The van der Waals surface area contributed by atoms with E-state index in [1.165, 1.54) is 12.8 Å². The van der Waals surface area contributed by atoms with Crippen molar-refractivity contribution in [1.82, 2.24) is 5.48 Å². The number of rotatable bonds is 3. The number of hydrogen-bond donors (Lipinski definition) is 1. The first-order valence-electron chi connectivity index (χ1n) is 2.81. The van der Waals surface area contributed by atoms with E-state index in [-0.39, 0.29) is 12.4 Å². The van der Waals surface area contributed by atoms with Crippen molar-refractivity contribution in [2.75, 3.05) is 6.61 Å². The number of nitrogens with one attached hydrogen (secondary N) is 1. The highest BCUT2D eigenvalue weighted by Gasteiger charge is 2.20. The molecule has 50 valence electrons. The first kappa shape index (κ1) is 8.21. The Bertz CT molecular complexity index is 56.4. The van der Waals surface area contributed by atoms with Crippen LogP contribution in [0.1, 0.15) is 19.8 Å². The summed E-state index contributed by atoms with van der Waals surface area (Å²) in [6, 6.07) is 0.681. The Kier molecular flexibility index (Phi) is 4.23. The fraction of sp³-hybridized carbons (Fsp3) is 1.00. The second-order valence-electron chi connectivity index (χ2n) is 1.83. The molecular formula is C5H12ClNO. The van der Waals surface area contributed by atoms with Crippen molar-refractivity contribution in [3.05, 3.63) is 0 Å². The Labute approximate surface area is 56.0 Å². The molecule has 0 aromatic rings. The third kappa shape index (κ3) is 3.24. The molecule has 0 aromatic heterocycles. The lowest BCUT2D eigenvalue weighted by molar-refractivity contribution is 0.0460. The van der Waals surface area contributed by atoms with Crippen LogP contribution in [0.2, 0.25) is 0 Å². The molecule has 0 atom stereocenters. The van der Waals surface area contributed by atoms with Gasteiger partial charge in [0.25, 0.3) is 0 Å². The molecule has 1 saturated carbocycles.